The fraction of sp³-hybridized carbons (Fsp3) is 0.857. The highest BCUT2D eigenvalue weighted by Crippen LogP contribution is 2.09. The molecule has 4 heteroatoms. The molecule has 1 amide bonds. The number of likely N-dealkylation sites (tertiary alicyclic amines) is 1. The molecule has 0 aliphatic carbocycles. The van der Waals surface area contributed by atoms with Gasteiger partial charge >= 0.3 is 6.09 Å². The molecule has 1 rings (SSSR count). The standard InChI is InChI=1S/C7H13NO3/c1-2-11-7(10)8-4-3-6(9)5-8/h6,9H,2-5H2,1H3. The molecule has 0 bridgehead atoms. The second-order valence-electron chi connectivity index (χ2n) is 2.59. The van der Waals surface area contributed by atoms with Gasteiger partial charge in [0.05, 0.1) is 12.7 Å². The number of aliphatic hydroxyl groups is 1. The summed E-state index contributed by atoms with van der Waals surface area (Å²) in [6.07, 6.45) is -0.0119. The Kier molecular flexibility index (Phi) is 2.70. The van der Waals surface area contributed by atoms with Gasteiger partial charge < -0.3 is 14.7 Å². The van der Waals surface area contributed by atoms with Crippen molar-refractivity contribution >= 4 is 6.09 Å². The van der Waals surface area contributed by atoms with Crippen LogP contribution in [0.1, 0.15) is 13.3 Å². The van der Waals surface area contributed by atoms with Crippen molar-refractivity contribution in [3.63, 3.8) is 0 Å². The molecule has 0 spiro atoms. The molecule has 64 valence electrons. The van der Waals surface area contributed by atoms with E-state index >= 15 is 0 Å². The van der Waals surface area contributed by atoms with E-state index in [4.69, 9.17) is 9.84 Å². The minimum atomic E-state index is -0.362. The Balaban J connectivity index is 2.31. The van der Waals surface area contributed by atoms with Gasteiger partial charge in [-0.2, -0.15) is 0 Å². The molecule has 1 heterocycles. The van der Waals surface area contributed by atoms with E-state index in [0.717, 1.165) is 0 Å². The number of β-amino-alcohol motifs (C(OH)–C–C–N with tert-alkyl or cyclic N) is 1. The number of aliphatic hydroxyl groups excluding tert-OH is 1. The fourth-order valence-electron chi connectivity index (χ4n) is 1.12. The SMILES string of the molecule is CCOC(=O)N1CCC(O)C1. The Morgan fingerprint density at radius 1 is 1.82 bits per heavy atom. The molecule has 1 aliphatic rings. The van der Waals surface area contributed by atoms with Crippen molar-refractivity contribution in [2.75, 3.05) is 19.7 Å². The fourth-order valence-corrected chi connectivity index (χ4v) is 1.12. The Labute approximate surface area is 65.8 Å². The molecule has 1 atom stereocenters. The van der Waals surface area contributed by atoms with Crippen molar-refractivity contribution in [1.82, 2.24) is 4.90 Å². The first-order valence-electron chi connectivity index (χ1n) is 3.83. The summed E-state index contributed by atoms with van der Waals surface area (Å²) in [5, 5.41) is 9.07. The summed E-state index contributed by atoms with van der Waals surface area (Å²) in [5.41, 5.74) is 0. The summed E-state index contributed by atoms with van der Waals surface area (Å²) in [5.74, 6) is 0. The molecule has 1 saturated heterocycles. The van der Waals surface area contributed by atoms with Crippen LogP contribution in [0.5, 0.6) is 0 Å². The Morgan fingerprint density at radius 3 is 3.00 bits per heavy atom. The van der Waals surface area contributed by atoms with Crippen LogP contribution in [0.25, 0.3) is 0 Å². The third-order valence-electron chi connectivity index (χ3n) is 1.69. The quantitative estimate of drug-likeness (QED) is 0.595. The first-order valence-corrected chi connectivity index (χ1v) is 3.83. The van der Waals surface area contributed by atoms with Crippen LogP contribution in [-0.4, -0.2) is 41.9 Å². The summed E-state index contributed by atoms with van der Waals surface area (Å²) < 4.78 is 4.75. The Hall–Kier alpha value is -0.770. The zero-order valence-corrected chi connectivity index (χ0v) is 6.62. The lowest BCUT2D eigenvalue weighted by Crippen LogP contribution is -2.30. The molecule has 11 heavy (non-hydrogen) atoms. The second-order valence-corrected chi connectivity index (χ2v) is 2.59. The number of carbonyl (C=O) groups excluding carboxylic acids is 1. The molecule has 4 nitrogen and oxygen atoms in total. The van der Waals surface area contributed by atoms with E-state index in [-0.39, 0.29) is 12.2 Å². The van der Waals surface area contributed by atoms with Crippen molar-refractivity contribution in [2.45, 2.75) is 19.4 Å². The summed E-state index contributed by atoms with van der Waals surface area (Å²) in [7, 11) is 0. The van der Waals surface area contributed by atoms with E-state index in [1.165, 1.54) is 4.90 Å². The first kappa shape index (κ1) is 8.33. The predicted octanol–water partition coefficient (Wildman–Crippen LogP) is 0.209. The van der Waals surface area contributed by atoms with Gasteiger partial charge in [0.15, 0.2) is 0 Å². The molecule has 0 saturated carbocycles. The normalized spacial score (nSPS) is 23.8. The average molecular weight is 159 g/mol. The third kappa shape index (κ3) is 2.08. The van der Waals surface area contributed by atoms with Gasteiger partial charge in [0.25, 0.3) is 0 Å². The van der Waals surface area contributed by atoms with E-state index < -0.39 is 0 Å². The molecular formula is C7H13NO3. The van der Waals surface area contributed by atoms with Crippen LogP contribution in [-0.2, 0) is 4.74 Å². The van der Waals surface area contributed by atoms with E-state index in [2.05, 4.69) is 0 Å². The van der Waals surface area contributed by atoms with Gasteiger partial charge in [0.2, 0.25) is 0 Å². The van der Waals surface area contributed by atoms with Gasteiger partial charge in [0, 0.05) is 13.1 Å². The highest BCUT2D eigenvalue weighted by molar-refractivity contribution is 5.67. The van der Waals surface area contributed by atoms with Crippen LogP contribution in [0.3, 0.4) is 0 Å². The Bertz CT molecular complexity index is 149. The zero-order chi connectivity index (χ0) is 8.27. The van der Waals surface area contributed by atoms with E-state index in [1.54, 1.807) is 6.92 Å². The largest absolute Gasteiger partial charge is 0.450 e. The Morgan fingerprint density at radius 2 is 2.55 bits per heavy atom. The van der Waals surface area contributed by atoms with Gasteiger partial charge in [-0.3, -0.25) is 0 Å². The number of hydrogen-bond acceptors (Lipinski definition) is 3. The molecule has 0 aromatic rings. The van der Waals surface area contributed by atoms with Gasteiger partial charge in [-0.15, -0.1) is 0 Å². The minimum absolute atomic E-state index is 0.316. The number of ether oxygens (including phenoxy) is 1. The smallest absolute Gasteiger partial charge is 0.409 e. The second kappa shape index (κ2) is 3.57. The molecular weight excluding hydrogens is 146 g/mol. The van der Waals surface area contributed by atoms with Crippen molar-refractivity contribution in [1.29, 1.82) is 0 Å². The minimum Gasteiger partial charge on any atom is -0.450 e. The zero-order valence-electron chi connectivity index (χ0n) is 6.62. The average Bonchev–Trinajstić information content (AvgIpc) is 2.36. The van der Waals surface area contributed by atoms with Crippen molar-refractivity contribution in [3.05, 3.63) is 0 Å². The van der Waals surface area contributed by atoms with Crippen molar-refractivity contribution < 1.29 is 14.6 Å². The maximum absolute atomic E-state index is 11.0. The van der Waals surface area contributed by atoms with E-state index in [9.17, 15) is 4.79 Å². The number of nitrogens with zero attached hydrogens (tertiary/aromatic N) is 1. The van der Waals surface area contributed by atoms with Crippen LogP contribution >= 0.6 is 0 Å². The number of amides is 1. The van der Waals surface area contributed by atoms with E-state index in [1.807, 2.05) is 0 Å². The molecule has 0 aromatic carbocycles. The van der Waals surface area contributed by atoms with Crippen LogP contribution in [0.2, 0.25) is 0 Å². The third-order valence-corrected chi connectivity index (χ3v) is 1.69. The summed E-state index contributed by atoms with van der Waals surface area (Å²) in [6.45, 7) is 3.19. The summed E-state index contributed by atoms with van der Waals surface area (Å²) in [4.78, 5) is 12.5. The highest BCUT2D eigenvalue weighted by atomic mass is 16.6. The molecule has 0 aromatic heterocycles. The molecule has 1 N–H and O–H groups in total. The van der Waals surface area contributed by atoms with Crippen LogP contribution in [0, 0.1) is 0 Å². The maximum Gasteiger partial charge on any atom is 0.409 e. The highest BCUT2D eigenvalue weighted by Gasteiger charge is 2.24. The summed E-state index contributed by atoms with van der Waals surface area (Å²) >= 11 is 0. The van der Waals surface area contributed by atoms with Crippen molar-refractivity contribution in [3.8, 4) is 0 Å². The van der Waals surface area contributed by atoms with Gasteiger partial charge in [-0.05, 0) is 13.3 Å². The van der Waals surface area contributed by atoms with E-state index in [0.29, 0.717) is 26.1 Å². The van der Waals surface area contributed by atoms with Crippen LogP contribution in [0.4, 0.5) is 4.79 Å². The van der Waals surface area contributed by atoms with Gasteiger partial charge in [-0.25, -0.2) is 4.79 Å². The topological polar surface area (TPSA) is 49.8 Å². The lowest BCUT2D eigenvalue weighted by atomic mass is 10.3. The lowest BCUT2D eigenvalue weighted by molar-refractivity contribution is 0.107. The van der Waals surface area contributed by atoms with Gasteiger partial charge in [0.1, 0.15) is 0 Å². The van der Waals surface area contributed by atoms with Crippen LogP contribution < -0.4 is 0 Å². The molecule has 1 fully saturated rings. The van der Waals surface area contributed by atoms with Gasteiger partial charge in [-0.1, -0.05) is 0 Å². The summed E-state index contributed by atoms with van der Waals surface area (Å²) in [6, 6.07) is 0. The molecule has 1 unspecified atom stereocenters. The predicted molar refractivity (Wildman–Crippen MR) is 39.2 cm³/mol. The number of hydrogen-bond donors (Lipinski definition) is 1. The lowest BCUT2D eigenvalue weighted by Gasteiger charge is -2.13. The number of carbonyl (C=O) groups is 1. The number of rotatable bonds is 1. The molecule has 0 radical (unpaired) electrons. The maximum atomic E-state index is 11.0. The van der Waals surface area contributed by atoms with Crippen LogP contribution in [0.15, 0.2) is 0 Å². The monoisotopic (exact) mass is 159 g/mol. The first-order chi connectivity index (χ1) is 5.24. The van der Waals surface area contributed by atoms with Crippen molar-refractivity contribution in [2.24, 2.45) is 0 Å². The molecule has 1 aliphatic heterocycles.